The molecule has 4 aromatic heterocycles. The fraction of sp³-hybridized carbons (Fsp3) is 0.259. The number of pyridine rings is 2. The molecule has 2 fully saturated rings. The molecule has 0 aliphatic carbocycles. The lowest BCUT2D eigenvalue weighted by Crippen LogP contribution is -2.29. The number of fused-ring (bicyclic) bond motifs is 1. The summed E-state index contributed by atoms with van der Waals surface area (Å²) in [5, 5.41) is 20.0. The standard InChI is InChI=1S/C27H28FN11/c1-16-7-24(34-25-8-17(2)36-37-25)35-27(33-16)19-4-6-26(32-11-19)38-14-21-22(15-38)39(21)13-18-3-5-23(30-10-18)31-12-20(28)9-29/h3-12,21-22,29H,13-15H2,1-2H3,(H,30,31)(H2,33,34,35,36,37)/b20-12+,29-9?. The lowest BCUT2D eigenvalue weighted by atomic mass is 10.2. The summed E-state index contributed by atoms with van der Waals surface area (Å²) in [5.41, 5.74) is 3.79. The summed E-state index contributed by atoms with van der Waals surface area (Å²) in [7, 11) is 0. The SMILES string of the molecule is Cc1cc(Nc2cc(C)[nH]n2)nc(-c2ccc(N3CC4C(C3)N4Cc3ccc(N/C=C(/F)C=N)nc3)nc2)n1. The van der Waals surface area contributed by atoms with Gasteiger partial charge in [0.1, 0.15) is 17.5 Å². The maximum absolute atomic E-state index is 13.1. The average molecular weight is 526 g/mol. The van der Waals surface area contributed by atoms with Crippen LogP contribution in [0.1, 0.15) is 17.0 Å². The molecule has 4 N–H and O–H groups in total. The maximum atomic E-state index is 13.1. The third-order valence-corrected chi connectivity index (χ3v) is 6.85. The van der Waals surface area contributed by atoms with Crippen LogP contribution >= 0.6 is 0 Å². The van der Waals surface area contributed by atoms with Crippen molar-refractivity contribution in [1.82, 2.24) is 35.0 Å². The summed E-state index contributed by atoms with van der Waals surface area (Å²) >= 11 is 0. The van der Waals surface area contributed by atoms with E-state index in [1.165, 1.54) is 0 Å². The first kappa shape index (κ1) is 24.6. The number of anilines is 4. The molecule has 4 aromatic rings. The Labute approximate surface area is 224 Å². The Morgan fingerprint density at radius 3 is 2.56 bits per heavy atom. The van der Waals surface area contributed by atoms with Crippen molar-refractivity contribution in [3.05, 3.63) is 77.8 Å². The van der Waals surface area contributed by atoms with Gasteiger partial charge in [-0.25, -0.2) is 24.3 Å². The number of H-pyrrole nitrogens is 1. The molecule has 0 radical (unpaired) electrons. The van der Waals surface area contributed by atoms with Crippen LogP contribution in [0.4, 0.5) is 27.7 Å². The van der Waals surface area contributed by atoms with Crippen LogP contribution in [0.5, 0.6) is 0 Å². The molecule has 0 bridgehead atoms. The van der Waals surface area contributed by atoms with Crippen LogP contribution in [-0.2, 0) is 6.54 Å². The Morgan fingerprint density at radius 1 is 1.05 bits per heavy atom. The molecule has 0 aromatic carbocycles. The largest absolute Gasteiger partial charge is 0.353 e. The Balaban J connectivity index is 1.04. The Hall–Kier alpha value is -4.71. The van der Waals surface area contributed by atoms with E-state index in [4.69, 9.17) is 10.4 Å². The van der Waals surface area contributed by atoms with Crippen LogP contribution in [0.15, 0.2) is 60.8 Å². The van der Waals surface area contributed by atoms with E-state index in [2.05, 4.69) is 45.6 Å². The number of aromatic nitrogens is 6. The van der Waals surface area contributed by atoms with Gasteiger partial charge in [0.15, 0.2) is 17.5 Å². The monoisotopic (exact) mass is 525 g/mol. The fourth-order valence-electron chi connectivity index (χ4n) is 4.87. The van der Waals surface area contributed by atoms with E-state index in [0.29, 0.717) is 41.6 Å². The van der Waals surface area contributed by atoms with Gasteiger partial charge >= 0.3 is 0 Å². The van der Waals surface area contributed by atoms with Crippen molar-refractivity contribution in [3.63, 3.8) is 0 Å². The molecule has 11 nitrogen and oxygen atoms in total. The van der Waals surface area contributed by atoms with Crippen molar-refractivity contribution in [2.45, 2.75) is 32.5 Å². The first-order valence-corrected chi connectivity index (χ1v) is 12.6. The number of hydrogen-bond donors (Lipinski definition) is 4. The van der Waals surface area contributed by atoms with Crippen LogP contribution in [0, 0.1) is 19.3 Å². The van der Waals surface area contributed by atoms with E-state index in [1.807, 2.05) is 56.4 Å². The first-order chi connectivity index (χ1) is 18.9. The van der Waals surface area contributed by atoms with Gasteiger partial charge in [-0.2, -0.15) is 5.10 Å². The van der Waals surface area contributed by atoms with Gasteiger partial charge in [-0.05, 0) is 37.6 Å². The summed E-state index contributed by atoms with van der Waals surface area (Å²) in [5.74, 6) is 2.84. The zero-order chi connectivity index (χ0) is 26.9. The zero-order valence-electron chi connectivity index (χ0n) is 21.6. The zero-order valence-corrected chi connectivity index (χ0v) is 21.6. The molecule has 2 unspecified atom stereocenters. The Kier molecular flexibility index (Phi) is 6.45. The minimum atomic E-state index is -0.655. The van der Waals surface area contributed by atoms with E-state index in [0.717, 1.165) is 54.2 Å². The smallest absolute Gasteiger partial charge is 0.163 e. The topological polar surface area (TPSA) is 134 Å². The maximum Gasteiger partial charge on any atom is 0.163 e. The van der Waals surface area contributed by atoms with Gasteiger partial charge in [0.25, 0.3) is 0 Å². The molecule has 0 saturated carbocycles. The van der Waals surface area contributed by atoms with Gasteiger partial charge in [-0.1, -0.05) is 6.07 Å². The molecular weight excluding hydrogens is 497 g/mol. The number of allylic oxidation sites excluding steroid dienone is 1. The van der Waals surface area contributed by atoms with Crippen LogP contribution in [-0.4, -0.2) is 66.4 Å². The number of nitrogens with zero attached hydrogens (tertiary/aromatic N) is 7. The van der Waals surface area contributed by atoms with Crippen LogP contribution in [0.3, 0.4) is 0 Å². The van der Waals surface area contributed by atoms with Crippen molar-refractivity contribution in [3.8, 4) is 11.4 Å². The minimum absolute atomic E-state index is 0.494. The van der Waals surface area contributed by atoms with Crippen molar-refractivity contribution in [1.29, 1.82) is 5.41 Å². The van der Waals surface area contributed by atoms with Gasteiger partial charge in [-0.15, -0.1) is 0 Å². The van der Waals surface area contributed by atoms with Gasteiger partial charge in [0, 0.05) is 79.4 Å². The van der Waals surface area contributed by atoms with Crippen molar-refractivity contribution >= 4 is 29.5 Å². The number of rotatable bonds is 9. The van der Waals surface area contributed by atoms with Crippen LogP contribution < -0.4 is 15.5 Å². The molecule has 0 spiro atoms. The molecule has 2 saturated heterocycles. The highest BCUT2D eigenvalue weighted by atomic mass is 19.1. The highest BCUT2D eigenvalue weighted by Crippen LogP contribution is 2.38. The van der Waals surface area contributed by atoms with Crippen LogP contribution in [0.2, 0.25) is 0 Å². The number of aryl methyl sites for hydroxylation is 2. The minimum Gasteiger partial charge on any atom is -0.353 e. The molecule has 2 aliphatic rings. The summed E-state index contributed by atoms with van der Waals surface area (Å²) in [6.07, 6.45) is 5.39. The number of halogens is 1. The number of nitrogens with one attached hydrogen (secondary N) is 4. The van der Waals surface area contributed by atoms with Gasteiger partial charge in [-0.3, -0.25) is 10.00 Å². The molecular formula is C27H28FN11. The molecule has 2 aliphatic heterocycles. The predicted molar refractivity (Wildman–Crippen MR) is 148 cm³/mol. The number of aromatic amines is 1. The molecule has 0 amide bonds. The first-order valence-electron chi connectivity index (χ1n) is 12.6. The van der Waals surface area contributed by atoms with Crippen molar-refractivity contribution < 1.29 is 4.39 Å². The third kappa shape index (κ3) is 5.46. The van der Waals surface area contributed by atoms with E-state index < -0.39 is 5.83 Å². The second-order valence-electron chi connectivity index (χ2n) is 9.77. The molecule has 6 rings (SSSR count). The van der Waals surface area contributed by atoms with Crippen LogP contribution in [0.25, 0.3) is 11.4 Å². The Bertz CT molecular complexity index is 1500. The Morgan fingerprint density at radius 2 is 1.90 bits per heavy atom. The van der Waals surface area contributed by atoms with Gasteiger partial charge in [0.2, 0.25) is 0 Å². The quantitative estimate of drug-likeness (QED) is 0.189. The molecule has 39 heavy (non-hydrogen) atoms. The second-order valence-corrected chi connectivity index (χ2v) is 9.77. The summed E-state index contributed by atoms with van der Waals surface area (Å²) in [6, 6.07) is 12.6. The van der Waals surface area contributed by atoms with Crippen molar-refractivity contribution in [2.24, 2.45) is 0 Å². The van der Waals surface area contributed by atoms with E-state index >= 15 is 0 Å². The lowest BCUT2D eigenvalue weighted by Gasteiger charge is -2.22. The third-order valence-electron chi connectivity index (χ3n) is 6.85. The molecule has 2 atom stereocenters. The highest BCUT2D eigenvalue weighted by molar-refractivity contribution is 5.73. The summed E-state index contributed by atoms with van der Waals surface area (Å²) in [6.45, 7) is 6.57. The molecule has 198 valence electrons. The summed E-state index contributed by atoms with van der Waals surface area (Å²) in [4.78, 5) is 23.1. The molecule has 6 heterocycles. The van der Waals surface area contributed by atoms with Gasteiger partial charge < -0.3 is 20.9 Å². The lowest BCUT2D eigenvalue weighted by molar-refractivity contribution is 0.444. The van der Waals surface area contributed by atoms with Crippen molar-refractivity contribution in [2.75, 3.05) is 28.6 Å². The second kappa shape index (κ2) is 10.2. The van der Waals surface area contributed by atoms with Gasteiger partial charge in [0.05, 0.1) is 6.21 Å². The molecule has 12 heteroatoms. The predicted octanol–water partition coefficient (Wildman–Crippen LogP) is 3.96. The normalized spacial score (nSPS) is 20.0. The fourth-order valence-corrected chi connectivity index (χ4v) is 4.87. The van der Waals surface area contributed by atoms with E-state index in [9.17, 15) is 4.39 Å². The highest BCUT2D eigenvalue weighted by Gasteiger charge is 2.53. The van der Waals surface area contributed by atoms with E-state index in [-0.39, 0.29) is 0 Å². The van der Waals surface area contributed by atoms with E-state index in [1.54, 1.807) is 6.20 Å². The number of piperazine rings is 1. The average Bonchev–Trinajstić information content (AvgIpc) is 3.23. The summed E-state index contributed by atoms with van der Waals surface area (Å²) < 4.78 is 13.1. The number of hydrogen-bond acceptors (Lipinski definition) is 10.